The molecule has 1 heterocycles. The average Bonchev–Trinajstić information content (AvgIpc) is 2.75. The molecule has 0 amide bonds. The molecule has 0 N–H and O–H groups in total. The van der Waals surface area contributed by atoms with Gasteiger partial charge >= 0.3 is 11.6 Å². The molecular weight excluding hydrogens is 368 g/mol. The van der Waals surface area contributed by atoms with Crippen LogP contribution in [0.5, 0.6) is 5.75 Å². The van der Waals surface area contributed by atoms with Crippen molar-refractivity contribution in [3.8, 4) is 5.75 Å². The lowest BCUT2D eigenvalue weighted by Gasteiger charge is -2.11. The first kappa shape index (κ1) is 18.7. The van der Waals surface area contributed by atoms with Gasteiger partial charge in [0.2, 0.25) is 0 Å². The Labute approximate surface area is 167 Å². The van der Waals surface area contributed by atoms with Crippen LogP contribution in [0.3, 0.4) is 0 Å². The molecule has 0 bridgehead atoms. The molecule has 5 heteroatoms. The Bertz CT molecular complexity index is 1240. The Kier molecular flexibility index (Phi) is 5.29. The Morgan fingerprint density at radius 1 is 0.966 bits per heavy atom. The van der Waals surface area contributed by atoms with Gasteiger partial charge in [0.1, 0.15) is 17.9 Å². The quantitative estimate of drug-likeness (QED) is 0.274. The highest BCUT2D eigenvalue weighted by molar-refractivity contribution is 6.07. The summed E-state index contributed by atoms with van der Waals surface area (Å²) in [7, 11) is 0. The van der Waals surface area contributed by atoms with E-state index in [1.807, 2.05) is 61.5 Å². The molecule has 4 rings (SSSR count). The summed E-state index contributed by atoms with van der Waals surface area (Å²) in [6.07, 6.45) is 0.810. The third-order valence-corrected chi connectivity index (χ3v) is 4.80. The zero-order valence-corrected chi connectivity index (χ0v) is 16.0. The van der Waals surface area contributed by atoms with E-state index < -0.39 is 11.6 Å². The van der Waals surface area contributed by atoms with Gasteiger partial charge in [0.25, 0.3) is 0 Å². The molecule has 0 saturated carbocycles. The molecule has 0 saturated heterocycles. The molecule has 0 aliphatic carbocycles. The fraction of sp³-hybridized carbons (Fsp3) is 0.167. The van der Waals surface area contributed by atoms with Gasteiger partial charge in [-0.15, -0.1) is 0 Å². The van der Waals surface area contributed by atoms with Crippen LogP contribution in [0.1, 0.15) is 18.1 Å². The number of fused-ring (bicyclic) bond motifs is 3. The largest absolute Gasteiger partial charge is 0.482 e. The van der Waals surface area contributed by atoms with E-state index in [0.29, 0.717) is 16.9 Å². The van der Waals surface area contributed by atoms with Gasteiger partial charge in [0.05, 0.1) is 0 Å². The normalized spacial score (nSPS) is 10.9. The molecule has 1 aromatic heterocycles. The lowest BCUT2D eigenvalue weighted by molar-refractivity contribution is -0.147. The molecule has 146 valence electrons. The van der Waals surface area contributed by atoms with E-state index in [1.54, 1.807) is 6.07 Å². The van der Waals surface area contributed by atoms with E-state index >= 15 is 0 Å². The third kappa shape index (κ3) is 3.99. The van der Waals surface area contributed by atoms with Crippen molar-refractivity contribution in [2.45, 2.75) is 20.0 Å². The summed E-state index contributed by atoms with van der Waals surface area (Å²) in [5.41, 5.74) is 1.62. The second-order valence-corrected chi connectivity index (χ2v) is 6.66. The molecule has 3 aromatic carbocycles. The molecule has 4 aromatic rings. The van der Waals surface area contributed by atoms with Crippen LogP contribution in [-0.4, -0.2) is 12.6 Å². The highest BCUT2D eigenvalue weighted by Crippen LogP contribution is 2.27. The summed E-state index contributed by atoms with van der Waals surface area (Å²) in [4.78, 5) is 24.2. The summed E-state index contributed by atoms with van der Waals surface area (Å²) in [5, 5.41) is 2.72. The number of para-hydroxylation sites is 1. The maximum Gasteiger partial charge on any atom is 0.344 e. The number of rotatable bonds is 6. The SMILES string of the molecule is CCc1ccccc1OCC(=O)OCc1cc(=O)oc2ccc3ccccc3c12. The highest BCUT2D eigenvalue weighted by atomic mass is 16.6. The van der Waals surface area contributed by atoms with E-state index in [0.717, 1.165) is 28.1 Å². The summed E-state index contributed by atoms with van der Waals surface area (Å²) < 4.78 is 16.3. The molecule has 0 fully saturated rings. The highest BCUT2D eigenvalue weighted by Gasteiger charge is 2.13. The van der Waals surface area contributed by atoms with Gasteiger partial charge in [-0.25, -0.2) is 9.59 Å². The minimum atomic E-state index is -0.502. The Morgan fingerprint density at radius 3 is 2.62 bits per heavy atom. The van der Waals surface area contributed by atoms with E-state index in [2.05, 4.69) is 0 Å². The topological polar surface area (TPSA) is 65.7 Å². The third-order valence-electron chi connectivity index (χ3n) is 4.80. The smallest absolute Gasteiger partial charge is 0.344 e. The van der Waals surface area contributed by atoms with Gasteiger partial charge < -0.3 is 13.9 Å². The zero-order valence-electron chi connectivity index (χ0n) is 16.0. The van der Waals surface area contributed by atoms with Gasteiger partial charge in [-0.2, -0.15) is 0 Å². The first-order valence-corrected chi connectivity index (χ1v) is 9.46. The zero-order chi connectivity index (χ0) is 20.2. The molecule has 0 radical (unpaired) electrons. The number of carbonyl (C=O) groups excluding carboxylic acids is 1. The molecule has 29 heavy (non-hydrogen) atoms. The van der Waals surface area contributed by atoms with Crippen molar-refractivity contribution in [3.63, 3.8) is 0 Å². The number of esters is 1. The fourth-order valence-corrected chi connectivity index (χ4v) is 3.41. The standard InChI is InChI=1S/C24H20O5/c1-2-16-7-4-6-10-20(16)27-15-23(26)28-14-18-13-22(25)29-21-12-11-17-8-3-5-9-19(17)24(18)21/h3-13H,2,14-15H2,1H3. The van der Waals surface area contributed by atoms with Crippen LogP contribution < -0.4 is 10.4 Å². The number of carbonyl (C=O) groups is 1. The van der Waals surface area contributed by atoms with E-state index in [4.69, 9.17) is 13.9 Å². The van der Waals surface area contributed by atoms with Gasteiger partial charge in [-0.1, -0.05) is 55.5 Å². The van der Waals surface area contributed by atoms with Crippen LogP contribution in [0.4, 0.5) is 0 Å². The molecule has 5 nitrogen and oxygen atoms in total. The van der Waals surface area contributed by atoms with Crippen molar-refractivity contribution in [2.75, 3.05) is 6.61 Å². The predicted octanol–water partition coefficient (Wildman–Crippen LogP) is 4.63. The molecule has 0 aliphatic rings. The summed E-state index contributed by atoms with van der Waals surface area (Å²) in [6.45, 7) is 1.79. The molecule has 0 unspecified atom stereocenters. The van der Waals surface area contributed by atoms with Crippen LogP contribution in [0.15, 0.2) is 75.9 Å². The van der Waals surface area contributed by atoms with Gasteiger partial charge in [0, 0.05) is 17.0 Å². The summed E-state index contributed by atoms with van der Waals surface area (Å²) >= 11 is 0. The van der Waals surface area contributed by atoms with Crippen molar-refractivity contribution in [1.29, 1.82) is 0 Å². The van der Waals surface area contributed by atoms with Crippen LogP contribution in [0.2, 0.25) is 0 Å². The minimum absolute atomic E-state index is 0.0340. The van der Waals surface area contributed by atoms with Crippen molar-refractivity contribution in [1.82, 2.24) is 0 Å². The summed E-state index contributed by atoms with van der Waals surface area (Å²) in [6, 6.07) is 20.4. The van der Waals surface area contributed by atoms with Crippen LogP contribution in [-0.2, 0) is 22.6 Å². The minimum Gasteiger partial charge on any atom is -0.482 e. The lowest BCUT2D eigenvalue weighted by atomic mass is 10.0. The molecule has 0 atom stereocenters. The Morgan fingerprint density at radius 2 is 1.76 bits per heavy atom. The molecule has 0 spiro atoms. The second-order valence-electron chi connectivity index (χ2n) is 6.66. The van der Waals surface area contributed by atoms with Crippen LogP contribution in [0, 0.1) is 0 Å². The second kappa shape index (κ2) is 8.19. The van der Waals surface area contributed by atoms with Gasteiger partial charge in [-0.05, 0) is 34.9 Å². The van der Waals surface area contributed by atoms with E-state index in [1.165, 1.54) is 6.07 Å². The number of aryl methyl sites for hydroxylation is 1. The summed E-state index contributed by atoms with van der Waals surface area (Å²) in [5.74, 6) is 0.168. The van der Waals surface area contributed by atoms with Crippen LogP contribution in [0.25, 0.3) is 21.7 Å². The van der Waals surface area contributed by atoms with Crippen molar-refractivity contribution in [2.24, 2.45) is 0 Å². The maximum absolute atomic E-state index is 12.2. The lowest BCUT2D eigenvalue weighted by Crippen LogP contribution is -2.16. The van der Waals surface area contributed by atoms with Crippen molar-refractivity contribution < 1.29 is 18.7 Å². The van der Waals surface area contributed by atoms with Crippen molar-refractivity contribution in [3.05, 3.63) is 88.3 Å². The number of hydrogen-bond donors (Lipinski definition) is 0. The first-order chi connectivity index (χ1) is 14.2. The monoisotopic (exact) mass is 388 g/mol. The number of ether oxygens (including phenoxy) is 2. The predicted molar refractivity (Wildman–Crippen MR) is 111 cm³/mol. The van der Waals surface area contributed by atoms with Crippen molar-refractivity contribution >= 4 is 27.7 Å². The maximum atomic E-state index is 12.2. The molecule has 0 aliphatic heterocycles. The Hall–Kier alpha value is -3.60. The Balaban J connectivity index is 1.54. The number of benzene rings is 3. The van der Waals surface area contributed by atoms with Gasteiger partial charge in [-0.3, -0.25) is 0 Å². The fourth-order valence-electron chi connectivity index (χ4n) is 3.41. The average molecular weight is 388 g/mol. The van der Waals surface area contributed by atoms with Crippen LogP contribution >= 0.6 is 0 Å². The molecular formula is C24H20O5. The van der Waals surface area contributed by atoms with Gasteiger partial charge in [0.15, 0.2) is 6.61 Å². The first-order valence-electron chi connectivity index (χ1n) is 9.46. The van der Waals surface area contributed by atoms with E-state index in [-0.39, 0.29) is 13.2 Å². The number of hydrogen-bond acceptors (Lipinski definition) is 5. The van der Waals surface area contributed by atoms with E-state index in [9.17, 15) is 9.59 Å².